The minimum Gasteiger partial charge on any atom is -0.381 e. The molecule has 2 heteroatoms. The lowest BCUT2D eigenvalue weighted by atomic mass is 9.88. The molecule has 0 radical (unpaired) electrons. The predicted octanol–water partition coefficient (Wildman–Crippen LogP) is 4.20. The van der Waals surface area contributed by atoms with Crippen LogP contribution in [0.3, 0.4) is 0 Å². The van der Waals surface area contributed by atoms with Crippen LogP contribution in [0.4, 0.5) is 5.69 Å². The summed E-state index contributed by atoms with van der Waals surface area (Å²) in [6.45, 7) is 0. The molecule has 1 aromatic heterocycles. The number of aryl methyl sites for hydroxylation is 1. The number of benzene rings is 2. The third kappa shape index (κ3) is 2.38. The third-order valence-electron chi connectivity index (χ3n) is 4.39. The van der Waals surface area contributed by atoms with E-state index in [0.717, 1.165) is 12.8 Å². The van der Waals surface area contributed by atoms with Crippen LogP contribution in [-0.2, 0) is 12.8 Å². The van der Waals surface area contributed by atoms with Gasteiger partial charge in [0.1, 0.15) is 0 Å². The molecule has 0 bridgehead atoms. The summed E-state index contributed by atoms with van der Waals surface area (Å²) in [7, 11) is 0. The molecule has 1 aliphatic carbocycles. The second kappa shape index (κ2) is 5.21. The molecule has 1 atom stereocenters. The van der Waals surface area contributed by atoms with Gasteiger partial charge >= 0.3 is 0 Å². The van der Waals surface area contributed by atoms with Crippen LogP contribution in [-0.4, -0.2) is 11.0 Å². The number of rotatable bonds is 2. The number of anilines is 1. The zero-order valence-corrected chi connectivity index (χ0v) is 11.9. The summed E-state index contributed by atoms with van der Waals surface area (Å²) in [5.74, 6) is 0. The summed E-state index contributed by atoms with van der Waals surface area (Å²) in [4.78, 5) is 4.26. The zero-order valence-electron chi connectivity index (χ0n) is 11.9. The normalized spacial score (nSPS) is 17.4. The fourth-order valence-electron chi connectivity index (χ4n) is 3.28. The van der Waals surface area contributed by atoms with Gasteiger partial charge in [-0.1, -0.05) is 36.4 Å². The largest absolute Gasteiger partial charge is 0.381 e. The molecule has 0 fully saturated rings. The Bertz CT molecular complexity index is 774. The van der Waals surface area contributed by atoms with Crippen LogP contribution in [0.15, 0.2) is 60.9 Å². The average molecular weight is 274 g/mol. The maximum Gasteiger partial charge on any atom is 0.0437 e. The van der Waals surface area contributed by atoms with Crippen molar-refractivity contribution in [2.24, 2.45) is 0 Å². The van der Waals surface area contributed by atoms with Crippen molar-refractivity contribution in [2.45, 2.75) is 25.3 Å². The van der Waals surface area contributed by atoms with Gasteiger partial charge in [-0.2, -0.15) is 0 Å². The highest BCUT2D eigenvalue weighted by atomic mass is 14.9. The van der Waals surface area contributed by atoms with Gasteiger partial charge in [-0.05, 0) is 47.9 Å². The Balaban J connectivity index is 1.62. The lowest BCUT2D eigenvalue weighted by Crippen LogP contribution is -2.27. The monoisotopic (exact) mass is 274 g/mol. The van der Waals surface area contributed by atoms with E-state index < -0.39 is 0 Å². The Hall–Kier alpha value is -2.35. The van der Waals surface area contributed by atoms with Crippen LogP contribution in [0.1, 0.15) is 17.5 Å². The third-order valence-corrected chi connectivity index (χ3v) is 4.39. The SMILES string of the molecule is c1ccc2c(c1)CCC(Nc1cccc3ccncc13)C2. The van der Waals surface area contributed by atoms with E-state index in [1.807, 2.05) is 12.4 Å². The lowest BCUT2D eigenvalue weighted by Gasteiger charge is -2.26. The number of fused-ring (bicyclic) bond motifs is 2. The quantitative estimate of drug-likeness (QED) is 0.757. The molecule has 2 aromatic carbocycles. The van der Waals surface area contributed by atoms with Crippen molar-refractivity contribution in [3.63, 3.8) is 0 Å². The van der Waals surface area contributed by atoms with Gasteiger partial charge in [-0.3, -0.25) is 4.98 Å². The molecule has 21 heavy (non-hydrogen) atoms. The van der Waals surface area contributed by atoms with E-state index in [-0.39, 0.29) is 0 Å². The molecule has 1 aliphatic rings. The summed E-state index contributed by atoms with van der Waals surface area (Å²) in [6.07, 6.45) is 7.26. The van der Waals surface area contributed by atoms with Crippen LogP contribution >= 0.6 is 0 Å². The smallest absolute Gasteiger partial charge is 0.0437 e. The number of pyridine rings is 1. The van der Waals surface area contributed by atoms with Crippen LogP contribution in [0.25, 0.3) is 10.8 Å². The van der Waals surface area contributed by atoms with E-state index in [1.165, 1.54) is 34.0 Å². The maximum atomic E-state index is 4.26. The Morgan fingerprint density at radius 2 is 1.86 bits per heavy atom. The molecule has 0 amide bonds. The van der Waals surface area contributed by atoms with Gasteiger partial charge in [0.05, 0.1) is 0 Å². The Labute approximate surface area is 124 Å². The minimum atomic E-state index is 0.505. The van der Waals surface area contributed by atoms with Crippen LogP contribution in [0, 0.1) is 0 Å². The summed E-state index contributed by atoms with van der Waals surface area (Å²) < 4.78 is 0. The Kier molecular flexibility index (Phi) is 3.07. The summed E-state index contributed by atoms with van der Waals surface area (Å²) >= 11 is 0. The van der Waals surface area contributed by atoms with Gasteiger partial charge in [0.15, 0.2) is 0 Å². The molecule has 1 heterocycles. The second-order valence-electron chi connectivity index (χ2n) is 5.76. The van der Waals surface area contributed by atoms with Crippen molar-refractivity contribution in [3.8, 4) is 0 Å². The molecule has 104 valence electrons. The number of nitrogens with one attached hydrogen (secondary N) is 1. The molecule has 0 saturated heterocycles. The van der Waals surface area contributed by atoms with Crippen molar-refractivity contribution in [1.29, 1.82) is 0 Å². The van der Waals surface area contributed by atoms with Crippen molar-refractivity contribution in [2.75, 3.05) is 5.32 Å². The summed E-state index contributed by atoms with van der Waals surface area (Å²) in [5, 5.41) is 6.17. The number of hydrogen-bond donors (Lipinski definition) is 1. The van der Waals surface area contributed by atoms with E-state index in [9.17, 15) is 0 Å². The van der Waals surface area contributed by atoms with Crippen molar-refractivity contribution >= 4 is 16.5 Å². The first-order chi connectivity index (χ1) is 10.4. The van der Waals surface area contributed by atoms with Gasteiger partial charge in [0.2, 0.25) is 0 Å². The zero-order chi connectivity index (χ0) is 14.1. The fraction of sp³-hybridized carbons (Fsp3) is 0.211. The molecule has 0 saturated carbocycles. The lowest BCUT2D eigenvalue weighted by molar-refractivity contribution is 0.611. The molecule has 2 nitrogen and oxygen atoms in total. The first-order valence-corrected chi connectivity index (χ1v) is 7.56. The van der Waals surface area contributed by atoms with Crippen LogP contribution in [0.5, 0.6) is 0 Å². The van der Waals surface area contributed by atoms with E-state index in [0.29, 0.717) is 6.04 Å². The van der Waals surface area contributed by atoms with Crippen LogP contribution < -0.4 is 5.32 Å². The first-order valence-electron chi connectivity index (χ1n) is 7.56. The standard InChI is InChI=1S/C19H18N2/c1-2-5-16-12-17(9-8-14(16)4-1)21-19-7-3-6-15-10-11-20-13-18(15)19/h1-7,10-11,13,17,21H,8-9,12H2. The van der Waals surface area contributed by atoms with E-state index in [2.05, 4.69) is 58.8 Å². The predicted molar refractivity (Wildman–Crippen MR) is 87.6 cm³/mol. The van der Waals surface area contributed by atoms with Gasteiger partial charge in [-0.25, -0.2) is 0 Å². The van der Waals surface area contributed by atoms with E-state index in [1.54, 1.807) is 0 Å². The molecular formula is C19H18N2. The van der Waals surface area contributed by atoms with Crippen molar-refractivity contribution in [1.82, 2.24) is 4.98 Å². The highest BCUT2D eigenvalue weighted by Gasteiger charge is 2.18. The first kappa shape index (κ1) is 12.4. The molecular weight excluding hydrogens is 256 g/mol. The molecule has 1 N–H and O–H groups in total. The highest BCUT2D eigenvalue weighted by molar-refractivity contribution is 5.93. The Morgan fingerprint density at radius 3 is 2.81 bits per heavy atom. The number of aromatic nitrogens is 1. The summed E-state index contributed by atoms with van der Waals surface area (Å²) in [6, 6.07) is 17.8. The van der Waals surface area contributed by atoms with Gasteiger partial charge < -0.3 is 5.32 Å². The van der Waals surface area contributed by atoms with Crippen molar-refractivity contribution in [3.05, 3.63) is 72.1 Å². The molecule has 3 aromatic rings. The second-order valence-corrected chi connectivity index (χ2v) is 5.76. The molecule has 0 spiro atoms. The van der Waals surface area contributed by atoms with Gasteiger partial charge in [0.25, 0.3) is 0 Å². The summed E-state index contributed by atoms with van der Waals surface area (Å²) in [5.41, 5.74) is 4.19. The van der Waals surface area contributed by atoms with E-state index in [4.69, 9.17) is 0 Å². The van der Waals surface area contributed by atoms with Crippen LogP contribution in [0.2, 0.25) is 0 Å². The molecule has 0 aliphatic heterocycles. The maximum absolute atomic E-state index is 4.26. The number of hydrogen-bond acceptors (Lipinski definition) is 2. The van der Waals surface area contributed by atoms with Crippen molar-refractivity contribution < 1.29 is 0 Å². The van der Waals surface area contributed by atoms with E-state index >= 15 is 0 Å². The molecule has 1 unspecified atom stereocenters. The molecule has 4 rings (SSSR count). The van der Waals surface area contributed by atoms with Gasteiger partial charge in [-0.15, -0.1) is 0 Å². The number of nitrogens with zero attached hydrogens (tertiary/aromatic N) is 1. The average Bonchev–Trinajstić information content (AvgIpc) is 2.55. The van der Waals surface area contributed by atoms with Gasteiger partial charge in [0, 0.05) is 29.5 Å². The minimum absolute atomic E-state index is 0.505. The fourth-order valence-corrected chi connectivity index (χ4v) is 3.28. The highest BCUT2D eigenvalue weighted by Crippen LogP contribution is 2.27. The topological polar surface area (TPSA) is 24.9 Å². The Morgan fingerprint density at radius 1 is 0.952 bits per heavy atom.